The highest BCUT2D eigenvalue weighted by Crippen LogP contribution is 2.26. The molecule has 0 aromatic rings. The molecule has 1 heterocycles. The maximum absolute atomic E-state index is 12.3. The van der Waals surface area contributed by atoms with E-state index in [1.165, 1.54) is 19.3 Å². The van der Waals surface area contributed by atoms with Crippen LogP contribution in [0.4, 0.5) is 0 Å². The van der Waals surface area contributed by atoms with Gasteiger partial charge < -0.3 is 5.73 Å². The Balaban J connectivity index is 1.92. The molecule has 4 nitrogen and oxygen atoms in total. The van der Waals surface area contributed by atoms with Crippen LogP contribution in [-0.2, 0) is 10.0 Å². The van der Waals surface area contributed by atoms with Crippen LogP contribution in [0.15, 0.2) is 0 Å². The van der Waals surface area contributed by atoms with E-state index in [-0.39, 0.29) is 6.04 Å². The molecule has 100 valence electrons. The fourth-order valence-electron chi connectivity index (χ4n) is 2.98. The van der Waals surface area contributed by atoms with Crippen molar-refractivity contribution in [2.24, 2.45) is 11.7 Å². The average Bonchev–Trinajstić information content (AvgIpc) is 2.30. The maximum Gasteiger partial charge on any atom is 0.214 e. The summed E-state index contributed by atoms with van der Waals surface area (Å²) in [5, 5.41) is 0. The number of nitrogens with two attached hydrogens (primary N) is 1. The second-order valence-corrected chi connectivity index (χ2v) is 7.56. The summed E-state index contributed by atoms with van der Waals surface area (Å²) >= 11 is 0. The van der Waals surface area contributed by atoms with Gasteiger partial charge in [-0.2, -0.15) is 0 Å². The summed E-state index contributed by atoms with van der Waals surface area (Å²) in [6.07, 6.45) is 7.68. The van der Waals surface area contributed by atoms with E-state index in [0.717, 1.165) is 25.7 Å². The van der Waals surface area contributed by atoms with Crippen molar-refractivity contribution in [3.8, 4) is 0 Å². The second-order valence-electron chi connectivity index (χ2n) is 5.54. The lowest BCUT2D eigenvalue weighted by Gasteiger charge is -2.32. The van der Waals surface area contributed by atoms with Crippen molar-refractivity contribution in [2.45, 2.75) is 51.0 Å². The van der Waals surface area contributed by atoms with E-state index in [0.29, 0.717) is 24.8 Å². The minimum Gasteiger partial charge on any atom is -0.327 e. The van der Waals surface area contributed by atoms with Crippen molar-refractivity contribution in [1.29, 1.82) is 0 Å². The van der Waals surface area contributed by atoms with Gasteiger partial charge in [0.15, 0.2) is 0 Å². The maximum atomic E-state index is 12.3. The van der Waals surface area contributed by atoms with E-state index >= 15 is 0 Å². The number of nitrogens with zero attached hydrogens (tertiary/aromatic N) is 1. The SMILES string of the molecule is NC1CCCN(S(=O)(=O)CC2CCCCC2)C1. The standard InChI is InChI=1S/C12H24N2O2S/c13-12-7-4-8-14(9-12)17(15,16)10-11-5-2-1-3-6-11/h11-12H,1-10,13H2. The fourth-order valence-corrected chi connectivity index (χ4v) is 4.95. The van der Waals surface area contributed by atoms with Crippen LogP contribution in [0.5, 0.6) is 0 Å². The van der Waals surface area contributed by atoms with E-state index in [1.54, 1.807) is 4.31 Å². The average molecular weight is 260 g/mol. The molecule has 17 heavy (non-hydrogen) atoms. The Morgan fingerprint density at radius 3 is 2.41 bits per heavy atom. The van der Waals surface area contributed by atoms with Crippen LogP contribution in [0.2, 0.25) is 0 Å². The number of hydrogen-bond donors (Lipinski definition) is 1. The summed E-state index contributed by atoms with van der Waals surface area (Å²) in [6, 6.07) is 0.0323. The lowest BCUT2D eigenvalue weighted by Crippen LogP contribution is -2.47. The van der Waals surface area contributed by atoms with Gasteiger partial charge in [-0.05, 0) is 31.6 Å². The van der Waals surface area contributed by atoms with Crippen molar-refractivity contribution in [3.05, 3.63) is 0 Å². The van der Waals surface area contributed by atoms with E-state index in [4.69, 9.17) is 5.73 Å². The quantitative estimate of drug-likeness (QED) is 0.832. The van der Waals surface area contributed by atoms with Crippen molar-refractivity contribution in [1.82, 2.24) is 4.31 Å². The van der Waals surface area contributed by atoms with Crippen molar-refractivity contribution >= 4 is 10.0 Å². The zero-order valence-corrected chi connectivity index (χ0v) is 11.3. The van der Waals surface area contributed by atoms with Crippen LogP contribution in [0.25, 0.3) is 0 Å². The molecular formula is C12H24N2O2S. The van der Waals surface area contributed by atoms with Gasteiger partial charge in [-0.3, -0.25) is 0 Å². The third-order valence-corrected chi connectivity index (χ3v) is 6.00. The van der Waals surface area contributed by atoms with Gasteiger partial charge >= 0.3 is 0 Å². The summed E-state index contributed by atoms with van der Waals surface area (Å²) in [5.41, 5.74) is 5.85. The summed E-state index contributed by atoms with van der Waals surface area (Å²) in [5.74, 6) is 0.728. The molecule has 5 heteroatoms. The zero-order chi connectivity index (χ0) is 12.3. The number of piperidine rings is 1. The van der Waals surface area contributed by atoms with Gasteiger partial charge in [-0.1, -0.05) is 19.3 Å². The van der Waals surface area contributed by atoms with Crippen LogP contribution in [0.1, 0.15) is 44.9 Å². The highest BCUT2D eigenvalue weighted by molar-refractivity contribution is 7.89. The highest BCUT2D eigenvalue weighted by atomic mass is 32.2. The molecule has 0 spiro atoms. The smallest absolute Gasteiger partial charge is 0.214 e. The first-order valence-corrected chi connectivity index (χ1v) is 8.42. The Labute approximate surface area is 105 Å². The molecule has 2 aliphatic rings. The molecule has 1 aliphatic heterocycles. The topological polar surface area (TPSA) is 63.4 Å². The lowest BCUT2D eigenvalue weighted by atomic mass is 9.91. The van der Waals surface area contributed by atoms with Crippen LogP contribution < -0.4 is 5.73 Å². The van der Waals surface area contributed by atoms with E-state index < -0.39 is 10.0 Å². The third kappa shape index (κ3) is 3.66. The summed E-state index contributed by atoms with van der Waals surface area (Å²) in [4.78, 5) is 0. The molecule has 1 saturated carbocycles. The summed E-state index contributed by atoms with van der Waals surface area (Å²) in [7, 11) is -3.06. The molecule has 0 aromatic heterocycles. The van der Waals surface area contributed by atoms with Gasteiger partial charge in [0.1, 0.15) is 0 Å². The Morgan fingerprint density at radius 1 is 1.06 bits per heavy atom. The summed E-state index contributed by atoms with van der Waals surface area (Å²) < 4.78 is 26.2. The molecule has 0 radical (unpaired) electrons. The van der Waals surface area contributed by atoms with Crippen molar-refractivity contribution in [3.63, 3.8) is 0 Å². The molecule has 1 aliphatic carbocycles. The van der Waals surface area contributed by atoms with Crippen molar-refractivity contribution in [2.75, 3.05) is 18.8 Å². The lowest BCUT2D eigenvalue weighted by molar-refractivity contribution is 0.308. The number of sulfonamides is 1. The van der Waals surface area contributed by atoms with Gasteiger partial charge in [-0.15, -0.1) is 0 Å². The molecule has 1 saturated heterocycles. The minimum atomic E-state index is -3.06. The van der Waals surface area contributed by atoms with Crippen LogP contribution in [-0.4, -0.2) is 37.6 Å². The third-order valence-electron chi connectivity index (χ3n) is 3.99. The van der Waals surface area contributed by atoms with E-state index in [2.05, 4.69) is 0 Å². The molecular weight excluding hydrogens is 236 g/mol. The molecule has 1 atom stereocenters. The van der Waals surface area contributed by atoms with Gasteiger partial charge in [-0.25, -0.2) is 12.7 Å². The first-order chi connectivity index (χ1) is 8.08. The normalized spacial score (nSPS) is 29.4. The summed E-state index contributed by atoms with van der Waals surface area (Å²) in [6.45, 7) is 1.19. The first kappa shape index (κ1) is 13.3. The largest absolute Gasteiger partial charge is 0.327 e. The Bertz CT molecular complexity index is 336. The molecule has 0 amide bonds. The van der Waals surface area contributed by atoms with Crippen molar-refractivity contribution < 1.29 is 8.42 Å². The van der Waals surface area contributed by atoms with E-state index in [9.17, 15) is 8.42 Å². The van der Waals surface area contributed by atoms with Gasteiger partial charge in [0.25, 0.3) is 0 Å². The molecule has 2 rings (SSSR count). The minimum absolute atomic E-state index is 0.0323. The molecule has 2 N–H and O–H groups in total. The monoisotopic (exact) mass is 260 g/mol. The van der Waals surface area contributed by atoms with Gasteiger partial charge in [0.05, 0.1) is 5.75 Å². The van der Waals surface area contributed by atoms with Crippen LogP contribution in [0.3, 0.4) is 0 Å². The fraction of sp³-hybridized carbons (Fsp3) is 1.00. The van der Waals surface area contributed by atoms with Gasteiger partial charge in [0, 0.05) is 19.1 Å². The predicted octanol–water partition coefficient (Wildman–Crippen LogP) is 1.32. The van der Waals surface area contributed by atoms with Crippen LogP contribution in [0, 0.1) is 5.92 Å². The second kappa shape index (κ2) is 5.67. The van der Waals surface area contributed by atoms with E-state index in [1.807, 2.05) is 0 Å². The Morgan fingerprint density at radius 2 is 1.76 bits per heavy atom. The molecule has 1 unspecified atom stereocenters. The van der Waals surface area contributed by atoms with Gasteiger partial charge in [0.2, 0.25) is 10.0 Å². The Hall–Kier alpha value is -0.130. The number of hydrogen-bond acceptors (Lipinski definition) is 3. The zero-order valence-electron chi connectivity index (χ0n) is 10.5. The Kier molecular flexibility index (Phi) is 4.44. The predicted molar refractivity (Wildman–Crippen MR) is 69.1 cm³/mol. The molecule has 0 bridgehead atoms. The molecule has 0 aromatic carbocycles. The molecule has 2 fully saturated rings. The first-order valence-electron chi connectivity index (χ1n) is 6.81. The highest BCUT2D eigenvalue weighted by Gasteiger charge is 2.30. The number of rotatable bonds is 3. The van der Waals surface area contributed by atoms with Crippen LogP contribution >= 0.6 is 0 Å².